The Morgan fingerprint density at radius 2 is 1.96 bits per heavy atom. The van der Waals surface area contributed by atoms with Crippen molar-refractivity contribution in [2.75, 3.05) is 26.3 Å². The summed E-state index contributed by atoms with van der Waals surface area (Å²) in [6, 6.07) is 3.73. The molecule has 162 valence electrons. The molecule has 1 aromatic heterocycles. The highest BCUT2D eigenvalue weighted by Crippen LogP contribution is 2.26. The highest BCUT2D eigenvalue weighted by Gasteiger charge is 2.27. The molecule has 10 heteroatoms. The van der Waals surface area contributed by atoms with Gasteiger partial charge in [-0.05, 0) is 31.4 Å². The van der Waals surface area contributed by atoms with Crippen LogP contribution in [0.3, 0.4) is 0 Å². The predicted octanol–water partition coefficient (Wildman–Crippen LogP) is 3.01. The third-order valence-electron chi connectivity index (χ3n) is 4.42. The van der Waals surface area contributed by atoms with Gasteiger partial charge in [0.1, 0.15) is 4.21 Å². The summed E-state index contributed by atoms with van der Waals surface area (Å²) in [5.41, 5.74) is 5.97. The number of hydrogen-bond acceptors (Lipinski definition) is 5. The van der Waals surface area contributed by atoms with Crippen LogP contribution in [-0.2, 0) is 21.3 Å². The van der Waals surface area contributed by atoms with Gasteiger partial charge in [0.15, 0.2) is 5.96 Å². The van der Waals surface area contributed by atoms with Crippen LogP contribution < -0.4 is 11.1 Å². The van der Waals surface area contributed by atoms with Crippen LogP contribution in [0, 0.1) is 5.92 Å². The first kappa shape index (κ1) is 25.6. The van der Waals surface area contributed by atoms with Crippen molar-refractivity contribution in [1.82, 2.24) is 9.62 Å². The summed E-state index contributed by atoms with van der Waals surface area (Å²) in [7, 11) is -3.44. The minimum atomic E-state index is -3.44. The lowest BCUT2D eigenvalue weighted by Crippen LogP contribution is -2.40. The van der Waals surface area contributed by atoms with Gasteiger partial charge in [-0.25, -0.2) is 13.4 Å². The summed E-state index contributed by atoms with van der Waals surface area (Å²) in [6.45, 7) is 8.61. The molecule has 28 heavy (non-hydrogen) atoms. The number of guanidine groups is 1. The quantitative estimate of drug-likeness (QED) is 0.283. The Morgan fingerprint density at radius 1 is 1.29 bits per heavy atom. The lowest BCUT2D eigenvalue weighted by molar-refractivity contribution is 0.0731. The van der Waals surface area contributed by atoms with Gasteiger partial charge in [0.25, 0.3) is 10.0 Å². The largest absolute Gasteiger partial charge is 0.379 e. The summed E-state index contributed by atoms with van der Waals surface area (Å²) in [4.78, 5) is 5.22. The van der Waals surface area contributed by atoms with Crippen molar-refractivity contribution < 1.29 is 13.2 Å². The Labute approximate surface area is 190 Å². The van der Waals surface area contributed by atoms with Crippen LogP contribution in [0.25, 0.3) is 0 Å². The van der Waals surface area contributed by atoms with Crippen LogP contribution in [0.2, 0.25) is 0 Å². The fraction of sp³-hybridized carbons (Fsp3) is 0.722. The molecule has 0 aliphatic carbocycles. The van der Waals surface area contributed by atoms with Crippen LogP contribution >= 0.6 is 35.3 Å². The van der Waals surface area contributed by atoms with Crippen LogP contribution in [0.4, 0.5) is 0 Å². The molecule has 0 amide bonds. The average Bonchev–Trinajstić information content (AvgIpc) is 3.10. The summed E-state index contributed by atoms with van der Waals surface area (Å²) in [5, 5.41) is 3.20. The molecular weight excluding hydrogens is 511 g/mol. The number of thiophene rings is 1. The third-order valence-corrected chi connectivity index (χ3v) is 7.86. The molecule has 1 aliphatic rings. The van der Waals surface area contributed by atoms with Gasteiger partial charge in [-0.15, -0.1) is 35.3 Å². The molecule has 1 aliphatic heterocycles. The monoisotopic (exact) mass is 544 g/mol. The van der Waals surface area contributed by atoms with Crippen molar-refractivity contribution in [2.24, 2.45) is 16.6 Å². The van der Waals surface area contributed by atoms with E-state index in [1.807, 2.05) is 0 Å². The molecule has 1 saturated heterocycles. The minimum absolute atomic E-state index is 0. The Kier molecular flexibility index (Phi) is 11.3. The minimum Gasteiger partial charge on any atom is -0.379 e. The number of nitrogens with zero attached hydrogens (tertiary/aromatic N) is 2. The Bertz CT molecular complexity index is 716. The van der Waals surface area contributed by atoms with Gasteiger partial charge >= 0.3 is 0 Å². The number of rotatable bonds is 9. The fourth-order valence-electron chi connectivity index (χ4n) is 2.86. The van der Waals surface area contributed by atoms with E-state index in [9.17, 15) is 8.42 Å². The van der Waals surface area contributed by atoms with Crippen molar-refractivity contribution in [2.45, 2.75) is 56.8 Å². The van der Waals surface area contributed by atoms with E-state index in [4.69, 9.17) is 10.5 Å². The molecule has 7 nitrogen and oxygen atoms in total. The molecule has 1 fully saturated rings. The number of halogens is 1. The maximum Gasteiger partial charge on any atom is 0.252 e. The van der Waals surface area contributed by atoms with Crippen molar-refractivity contribution in [3.63, 3.8) is 0 Å². The zero-order valence-electron chi connectivity index (χ0n) is 16.9. The number of ether oxygens (including phenoxy) is 1. The van der Waals surface area contributed by atoms with Crippen LogP contribution in [-0.4, -0.2) is 51.0 Å². The van der Waals surface area contributed by atoms with E-state index in [0.717, 1.165) is 17.7 Å². The number of nitrogens with one attached hydrogen (secondary N) is 1. The van der Waals surface area contributed by atoms with E-state index in [0.29, 0.717) is 48.9 Å². The normalized spacial score (nSPS) is 17.4. The van der Waals surface area contributed by atoms with Gasteiger partial charge in [0.05, 0.1) is 19.8 Å². The van der Waals surface area contributed by atoms with Crippen molar-refractivity contribution in [3.8, 4) is 0 Å². The Hall–Kier alpha value is -0.430. The summed E-state index contributed by atoms with van der Waals surface area (Å²) in [6.07, 6.45) is 3.42. The third kappa shape index (κ3) is 8.13. The average molecular weight is 545 g/mol. The van der Waals surface area contributed by atoms with E-state index in [1.54, 1.807) is 12.1 Å². The zero-order valence-corrected chi connectivity index (χ0v) is 20.9. The van der Waals surface area contributed by atoms with E-state index in [2.05, 4.69) is 31.1 Å². The molecule has 2 heterocycles. The summed E-state index contributed by atoms with van der Waals surface area (Å²) < 4.78 is 32.3. The molecule has 0 aromatic carbocycles. The van der Waals surface area contributed by atoms with Gasteiger partial charge in [-0.1, -0.05) is 26.7 Å². The fourth-order valence-corrected chi connectivity index (χ4v) is 5.70. The summed E-state index contributed by atoms with van der Waals surface area (Å²) >= 11 is 1.25. The molecule has 0 saturated carbocycles. The van der Waals surface area contributed by atoms with E-state index >= 15 is 0 Å². The lowest BCUT2D eigenvalue weighted by Gasteiger charge is -2.25. The molecule has 1 unspecified atom stereocenters. The number of morpholine rings is 1. The van der Waals surface area contributed by atoms with Crippen LogP contribution in [0.5, 0.6) is 0 Å². The number of nitrogens with two attached hydrogens (primary N) is 1. The molecule has 0 radical (unpaired) electrons. The molecule has 0 spiro atoms. The highest BCUT2D eigenvalue weighted by atomic mass is 127. The lowest BCUT2D eigenvalue weighted by atomic mass is 10.0. The Morgan fingerprint density at radius 3 is 2.61 bits per heavy atom. The number of aliphatic imine (C=N–C) groups is 1. The maximum absolute atomic E-state index is 12.6. The van der Waals surface area contributed by atoms with Crippen molar-refractivity contribution in [3.05, 3.63) is 17.0 Å². The van der Waals surface area contributed by atoms with Gasteiger partial charge in [-0.2, -0.15) is 4.31 Å². The molecule has 1 atom stereocenters. The second kappa shape index (κ2) is 12.3. The zero-order chi connectivity index (χ0) is 19.9. The second-order valence-corrected chi connectivity index (χ2v) is 10.6. The SMILES string of the molecule is CC(C)CCCC(C)NC(N)=NCc1ccc(S(=O)(=O)N2CCOCC2)s1.I. The number of hydrogen-bond donors (Lipinski definition) is 2. The molecule has 2 rings (SSSR count). The predicted molar refractivity (Wildman–Crippen MR) is 126 cm³/mol. The van der Waals surface area contributed by atoms with Crippen molar-refractivity contribution in [1.29, 1.82) is 0 Å². The smallest absolute Gasteiger partial charge is 0.252 e. The van der Waals surface area contributed by atoms with E-state index < -0.39 is 10.0 Å². The van der Waals surface area contributed by atoms with Gasteiger partial charge in [-0.3, -0.25) is 0 Å². The topological polar surface area (TPSA) is 97.0 Å². The first-order valence-electron chi connectivity index (χ1n) is 9.52. The van der Waals surface area contributed by atoms with Crippen molar-refractivity contribution >= 4 is 51.3 Å². The van der Waals surface area contributed by atoms with Crippen LogP contribution in [0.15, 0.2) is 21.3 Å². The molecule has 0 bridgehead atoms. The van der Waals surface area contributed by atoms with E-state index in [-0.39, 0.29) is 30.0 Å². The van der Waals surface area contributed by atoms with Gasteiger partial charge in [0.2, 0.25) is 0 Å². The number of sulfonamides is 1. The standard InChI is InChI=1S/C18H32N4O3S2.HI/c1-14(2)5-4-6-15(3)21-18(19)20-13-16-7-8-17(26-16)27(23,24)22-9-11-25-12-10-22;/h7-8,14-15H,4-6,9-13H2,1-3H3,(H3,19,20,21);1H. The van der Waals surface area contributed by atoms with Gasteiger partial charge in [0, 0.05) is 24.0 Å². The highest BCUT2D eigenvalue weighted by molar-refractivity contribution is 14.0. The molecule has 3 N–H and O–H groups in total. The van der Waals surface area contributed by atoms with Crippen LogP contribution in [0.1, 0.15) is 44.9 Å². The van der Waals surface area contributed by atoms with Gasteiger partial charge < -0.3 is 15.8 Å². The second-order valence-electron chi connectivity index (χ2n) is 7.31. The molecule has 1 aromatic rings. The first-order valence-corrected chi connectivity index (χ1v) is 11.8. The molecular formula is C18H33IN4O3S2. The maximum atomic E-state index is 12.6. The first-order chi connectivity index (χ1) is 12.8. The Balaban J connectivity index is 0.00000392. The summed E-state index contributed by atoms with van der Waals surface area (Å²) in [5.74, 6) is 1.11. The van der Waals surface area contributed by atoms with E-state index in [1.165, 1.54) is 22.1 Å².